The predicted octanol–water partition coefficient (Wildman–Crippen LogP) is 5.35. The highest BCUT2D eigenvalue weighted by molar-refractivity contribution is 7.09. The standard InChI is InChI=1S/C25H22ClNO5S/c1-14-7-4-5-9-16(14)22-21(24(29)25(30)27(22)13-15-8-6-10-33-15)23(28)17-11-20(32-3)18(26)12-19(17)31-2/h4-12,22,28H,13H2,1-3H3/b23-21+. The lowest BCUT2D eigenvalue weighted by molar-refractivity contribution is -0.140. The van der Waals surface area contributed by atoms with Gasteiger partial charge in [0.15, 0.2) is 0 Å². The number of ketones is 1. The molecule has 0 bridgehead atoms. The van der Waals surface area contributed by atoms with Crippen molar-refractivity contribution in [1.82, 2.24) is 4.90 Å². The van der Waals surface area contributed by atoms with Crippen molar-refractivity contribution >= 4 is 40.4 Å². The molecule has 1 aliphatic rings. The number of likely N-dealkylation sites (tertiary alicyclic amines) is 1. The van der Waals surface area contributed by atoms with E-state index in [0.29, 0.717) is 10.8 Å². The fourth-order valence-electron chi connectivity index (χ4n) is 4.02. The van der Waals surface area contributed by atoms with Crippen molar-refractivity contribution < 1.29 is 24.2 Å². The summed E-state index contributed by atoms with van der Waals surface area (Å²) < 4.78 is 10.7. The molecule has 0 radical (unpaired) electrons. The summed E-state index contributed by atoms with van der Waals surface area (Å²) in [5.41, 5.74) is 1.86. The predicted molar refractivity (Wildman–Crippen MR) is 128 cm³/mol. The van der Waals surface area contributed by atoms with Crippen molar-refractivity contribution in [3.63, 3.8) is 0 Å². The van der Waals surface area contributed by atoms with Gasteiger partial charge in [0.2, 0.25) is 0 Å². The second-order valence-electron chi connectivity index (χ2n) is 7.55. The molecule has 1 N–H and O–H groups in total. The number of hydrogen-bond acceptors (Lipinski definition) is 6. The number of aryl methyl sites for hydroxylation is 1. The fraction of sp³-hybridized carbons (Fsp3) is 0.200. The first-order valence-corrected chi connectivity index (χ1v) is 11.4. The van der Waals surface area contributed by atoms with Crippen LogP contribution in [0.15, 0.2) is 59.5 Å². The van der Waals surface area contributed by atoms with E-state index in [4.69, 9.17) is 21.1 Å². The number of hydrogen-bond donors (Lipinski definition) is 1. The third-order valence-electron chi connectivity index (χ3n) is 5.66. The second kappa shape index (κ2) is 9.29. The quantitative estimate of drug-likeness (QED) is 0.290. The van der Waals surface area contributed by atoms with E-state index < -0.39 is 17.7 Å². The molecular weight excluding hydrogens is 462 g/mol. The zero-order valence-corrected chi connectivity index (χ0v) is 19.9. The number of carbonyl (C=O) groups is 2. The minimum Gasteiger partial charge on any atom is -0.507 e. The Morgan fingerprint density at radius 1 is 1.09 bits per heavy atom. The summed E-state index contributed by atoms with van der Waals surface area (Å²) in [6.45, 7) is 2.16. The third kappa shape index (κ3) is 4.10. The first kappa shape index (κ1) is 22.9. The highest BCUT2D eigenvalue weighted by Crippen LogP contribution is 2.44. The number of Topliss-reactive ketones (excluding diaryl/α,β-unsaturated/α-hetero) is 1. The van der Waals surface area contributed by atoms with Crippen LogP contribution in [0.1, 0.15) is 27.6 Å². The zero-order chi connectivity index (χ0) is 23.7. The molecule has 1 amide bonds. The average molecular weight is 484 g/mol. The van der Waals surface area contributed by atoms with E-state index in [0.717, 1.165) is 16.0 Å². The van der Waals surface area contributed by atoms with Crippen molar-refractivity contribution in [3.05, 3.63) is 86.1 Å². The molecule has 2 heterocycles. The first-order chi connectivity index (χ1) is 15.9. The Balaban J connectivity index is 1.95. The van der Waals surface area contributed by atoms with Crippen LogP contribution in [0.5, 0.6) is 11.5 Å². The number of aliphatic hydroxyl groups is 1. The molecule has 4 rings (SSSR count). The molecule has 33 heavy (non-hydrogen) atoms. The number of rotatable bonds is 6. The molecule has 8 heteroatoms. The van der Waals surface area contributed by atoms with Crippen molar-refractivity contribution in [2.24, 2.45) is 0 Å². The van der Waals surface area contributed by atoms with Crippen LogP contribution in [-0.2, 0) is 16.1 Å². The number of benzene rings is 2. The lowest BCUT2D eigenvalue weighted by atomic mass is 9.92. The SMILES string of the molecule is COc1cc(/C(O)=C2\C(=O)C(=O)N(Cc3cccs3)C2c2ccccc2C)c(OC)cc1Cl. The number of aliphatic hydroxyl groups excluding tert-OH is 1. The molecule has 1 aliphatic heterocycles. The first-order valence-electron chi connectivity index (χ1n) is 10.2. The maximum atomic E-state index is 13.3. The lowest BCUT2D eigenvalue weighted by Gasteiger charge is -2.26. The molecule has 0 spiro atoms. The van der Waals surface area contributed by atoms with E-state index >= 15 is 0 Å². The molecule has 2 aromatic carbocycles. The summed E-state index contributed by atoms with van der Waals surface area (Å²) in [7, 11) is 2.88. The molecule has 6 nitrogen and oxygen atoms in total. The van der Waals surface area contributed by atoms with Crippen LogP contribution >= 0.6 is 22.9 Å². The maximum Gasteiger partial charge on any atom is 0.295 e. The van der Waals surface area contributed by atoms with E-state index in [1.807, 2.05) is 48.7 Å². The third-order valence-corrected chi connectivity index (χ3v) is 6.81. The lowest BCUT2D eigenvalue weighted by Crippen LogP contribution is -2.29. The van der Waals surface area contributed by atoms with Crippen molar-refractivity contribution in [2.45, 2.75) is 19.5 Å². The van der Waals surface area contributed by atoms with Gasteiger partial charge in [-0.3, -0.25) is 9.59 Å². The zero-order valence-electron chi connectivity index (χ0n) is 18.3. The molecule has 1 aromatic heterocycles. The van der Waals surface area contributed by atoms with Gasteiger partial charge in [-0.15, -0.1) is 11.3 Å². The van der Waals surface area contributed by atoms with Gasteiger partial charge in [-0.25, -0.2) is 0 Å². The largest absolute Gasteiger partial charge is 0.507 e. The van der Waals surface area contributed by atoms with Crippen LogP contribution < -0.4 is 9.47 Å². The molecule has 1 fully saturated rings. The number of ether oxygens (including phenoxy) is 2. The van der Waals surface area contributed by atoms with Crippen molar-refractivity contribution in [1.29, 1.82) is 0 Å². The fourth-order valence-corrected chi connectivity index (χ4v) is 4.95. The normalized spacial score (nSPS) is 17.5. The summed E-state index contributed by atoms with van der Waals surface area (Å²) in [6.07, 6.45) is 0. The maximum absolute atomic E-state index is 13.3. The summed E-state index contributed by atoms with van der Waals surface area (Å²) in [4.78, 5) is 28.9. The van der Waals surface area contributed by atoms with Gasteiger partial charge in [0.25, 0.3) is 11.7 Å². The average Bonchev–Trinajstić information content (AvgIpc) is 3.41. The Labute approximate surface area is 200 Å². The minimum absolute atomic E-state index is 0.00599. The molecule has 1 saturated heterocycles. The summed E-state index contributed by atoms with van der Waals surface area (Å²) >= 11 is 7.71. The van der Waals surface area contributed by atoms with Gasteiger partial charge in [0.05, 0.1) is 43.0 Å². The number of carbonyl (C=O) groups excluding carboxylic acids is 2. The van der Waals surface area contributed by atoms with Crippen LogP contribution in [-0.4, -0.2) is 35.9 Å². The molecule has 0 aliphatic carbocycles. The van der Waals surface area contributed by atoms with Gasteiger partial charge in [0.1, 0.15) is 17.3 Å². The number of nitrogens with zero attached hydrogens (tertiary/aromatic N) is 1. The minimum atomic E-state index is -0.764. The number of amides is 1. The van der Waals surface area contributed by atoms with E-state index in [1.54, 1.807) is 0 Å². The van der Waals surface area contributed by atoms with Gasteiger partial charge < -0.3 is 19.5 Å². The van der Waals surface area contributed by atoms with Gasteiger partial charge in [-0.05, 0) is 35.6 Å². The van der Waals surface area contributed by atoms with Gasteiger partial charge >= 0.3 is 0 Å². The number of halogens is 1. The van der Waals surface area contributed by atoms with Crippen LogP contribution in [0.25, 0.3) is 5.76 Å². The van der Waals surface area contributed by atoms with Crippen LogP contribution in [0.4, 0.5) is 0 Å². The van der Waals surface area contributed by atoms with E-state index in [2.05, 4.69) is 0 Å². The number of methoxy groups -OCH3 is 2. The van der Waals surface area contributed by atoms with Crippen LogP contribution in [0.3, 0.4) is 0 Å². The van der Waals surface area contributed by atoms with E-state index in [9.17, 15) is 14.7 Å². The topological polar surface area (TPSA) is 76.1 Å². The smallest absolute Gasteiger partial charge is 0.295 e. The highest BCUT2D eigenvalue weighted by Gasteiger charge is 2.46. The monoisotopic (exact) mass is 483 g/mol. The Morgan fingerprint density at radius 2 is 1.82 bits per heavy atom. The van der Waals surface area contributed by atoms with Crippen LogP contribution in [0, 0.1) is 6.92 Å². The Kier molecular flexibility index (Phi) is 6.44. The molecule has 3 aromatic rings. The van der Waals surface area contributed by atoms with E-state index in [1.165, 1.54) is 42.6 Å². The van der Waals surface area contributed by atoms with Crippen LogP contribution in [0.2, 0.25) is 5.02 Å². The van der Waals surface area contributed by atoms with Crippen molar-refractivity contribution in [3.8, 4) is 11.5 Å². The molecule has 0 saturated carbocycles. The molecule has 1 atom stereocenters. The second-order valence-corrected chi connectivity index (χ2v) is 8.99. The molecular formula is C25H22ClNO5S. The number of thiophene rings is 1. The van der Waals surface area contributed by atoms with Gasteiger partial charge in [-0.1, -0.05) is 41.9 Å². The van der Waals surface area contributed by atoms with Gasteiger partial charge in [-0.2, -0.15) is 0 Å². The van der Waals surface area contributed by atoms with Gasteiger partial charge in [0, 0.05) is 10.9 Å². The Morgan fingerprint density at radius 3 is 2.45 bits per heavy atom. The summed E-state index contributed by atoms with van der Waals surface area (Å²) in [5.74, 6) is -1.21. The van der Waals surface area contributed by atoms with E-state index in [-0.39, 0.29) is 29.2 Å². The molecule has 170 valence electrons. The summed E-state index contributed by atoms with van der Waals surface area (Å²) in [5, 5.41) is 13.6. The Bertz CT molecular complexity index is 1250. The summed E-state index contributed by atoms with van der Waals surface area (Å²) in [6, 6.07) is 13.5. The Hall–Kier alpha value is -3.29. The highest BCUT2D eigenvalue weighted by atomic mass is 35.5. The van der Waals surface area contributed by atoms with Crippen molar-refractivity contribution in [2.75, 3.05) is 14.2 Å². The molecule has 1 unspecified atom stereocenters.